The second-order valence-electron chi connectivity index (χ2n) is 6.89. The number of amides is 1. The van der Waals surface area contributed by atoms with Crippen LogP contribution in [0.1, 0.15) is 15.9 Å². The number of para-hydroxylation sites is 1. The summed E-state index contributed by atoms with van der Waals surface area (Å²) in [4.78, 5) is 21.1. The largest absolute Gasteiger partial charge is 0.348 e. The van der Waals surface area contributed by atoms with Crippen molar-refractivity contribution in [2.24, 2.45) is 0 Å². The molecule has 1 aromatic heterocycles. The number of fused-ring (bicyclic) bond motifs is 1. The van der Waals surface area contributed by atoms with Gasteiger partial charge in [0.1, 0.15) is 10.4 Å². The van der Waals surface area contributed by atoms with Gasteiger partial charge in [-0.15, -0.1) is 0 Å². The molecule has 0 radical (unpaired) electrons. The molecule has 0 aliphatic rings. The van der Waals surface area contributed by atoms with E-state index in [1.165, 1.54) is 36.7 Å². The smallest absolute Gasteiger partial charge is 0.264 e. The summed E-state index contributed by atoms with van der Waals surface area (Å²) < 4.78 is 28.8. The van der Waals surface area contributed by atoms with Crippen LogP contribution in [-0.4, -0.2) is 24.3 Å². The number of nitrogens with one attached hydrogen (secondary N) is 2. The third-order valence-electron chi connectivity index (χ3n) is 4.68. The summed E-state index contributed by atoms with van der Waals surface area (Å²) in [5, 5.41) is 3.85. The van der Waals surface area contributed by atoms with Gasteiger partial charge in [-0.1, -0.05) is 46.9 Å². The first-order chi connectivity index (χ1) is 15.7. The number of hydrogen-bond donors (Lipinski definition) is 2. The molecular weight excluding hydrogens is 507 g/mol. The zero-order chi connectivity index (χ0) is 23.6. The number of carbonyl (C=O) groups is 1. The summed E-state index contributed by atoms with van der Waals surface area (Å²) in [6, 6.07) is 13.8. The highest BCUT2D eigenvalue weighted by Crippen LogP contribution is 2.27. The van der Waals surface area contributed by atoms with E-state index >= 15 is 0 Å². The van der Waals surface area contributed by atoms with Crippen molar-refractivity contribution in [1.82, 2.24) is 15.3 Å². The monoisotopic (exact) mass is 520 g/mol. The van der Waals surface area contributed by atoms with E-state index in [1.54, 1.807) is 30.3 Å². The molecule has 0 saturated carbocycles. The molecule has 4 aromatic rings. The molecule has 0 atom stereocenters. The van der Waals surface area contributed by atoms with Crippen LogP contribution in [-0.2, 0) is 16.6 Å². The van der Waals surface area contributed by atoms with Crippen molar-refractivity contribution >= 4 is 67.5 Å². The fourth-order valence-corrected chi connectivity index (χ4v) is 5.00. The Bertz CT molecular complexity index is 1470. The summed E-state index contributed by atoms with van der Waals surface area (Å²) in [5.74, 6) is -0.520. The Hall–Kier alpha value is -2.91. The molecule has 1 amide bonds. The second kappa shape index (κ2) is 9.52. The number of rotatable bonds is 6. The van der Waals surface area contributed by atoms with E-state index < -0.39 is 15.9 Å². The Morgan fingerprint density at radius 2 is 1.64 bits per heavy atom. The van der Waals surface area contributed by atoms with Gasteiger partial charge >= 0.3 is 0 Å². The number of sulfonamides is 1. The maximum Gasteiger partial charge on any atom is 0.264 e. The minimum absolute atomic E-state index is 0.0168. The van der Waals surface area contributed by atoms with Gasteiger partial charge in [-0.25, -0.2) is 8.42 Å². The molecule has 1 heterocycles. The molecule has 0 saturated heterocycles. The van der Waals surface area contributed by atoms with Crippen molar-refractivity contribution in [2.45, 2.75) is 11.4 Å². The van der Waals surface area contributed by atoms with Crippen molar-refractivity contribution in [3.63, 3.8) is 0 Å². The average molecular weight is 522 g/mol. The van der Waals surface area contributed by atoms with Gasteiger partial charge in [0.05, 0.1) is 16.8 Å². The zero-order valence-electron chi connectivity index (χ0n) is 16.7. The summed E-state index contributed by atoms with van der Waals surface area (Å²) in [5.41, 5.74) is 1.38. The Morgan fingerprint density at radius 1 is 0.909 bits per heavy atom. The molecular formula is C22H15Cl3N4O3S. The Kier molecular flexibility index (Phi) is 6.71. The van der Waals surface area contributed by atoms with Gasteiger partial charge in [0.2, 0.25) is 0 Å². The molecule has 11 heteroatoms. The minimum Gasteiger partial charge on any atom is -0.348 e. The van der Waals surface area contributed by atoms with E-state index in [1.807, 2.05) is 0 Å². The fourth-order valence-electron chi connectivity index (χ4n) is 3.12. The van der Waals surface area contributed by atoms with Crippen molar-refractivity contribution in [2.75, 3.05) is 4.72 Å². The van der Waals surface area contributed by atoms with Crippen LogP contribution >= 0.6 is 34.8 Å². The number of benzene rings is 3. The number of carbonyl (C=O) groups excluding carboxylic acids is 1. The van der Waals surface area contributed by atoms with E-state index in [9.17, 15) is 13.2 Å². The lowest BCUT2D eigenvalue weighted by Gasteiger charge is -2.14. The topological polar surface area (TPSA) is 101 Å². The molecule has 2 N–H and O–H groups in total. The van der Waals surface area contributed by atoms with E-state index in [-0.39, 0.29) is 33.2 Å². The predicted molar refractivity (Wildman–Crippen MR) is 129 cm³/mol. The van der Waals surface area contributed by atoms with E-state index in [0.29, 0.717) is 21.1 Å². The van der Waals surface area contributed by atoms with Crippen molar-refractivity contribution in [1.29, 1.82) is 0 Å². The molecule has 0 bridgehead atoms. The number of anilines is 1. The fraction of sp³-hybridized carbons (Fsp3) is 0.0455. The van der Waals surface area contributed by atoms with Crippen LogP contribution in [0.15, 0.2) is 71.9 Å². The van der Waals surface area contributed by atoms with Gasteiger partial charge in [-0.3, -0.25) is 19.5 Å². The second-order valence-corrected chi connectivity index (χ2v) is 9.82. The average Bonchev–Trinajstić information content (AvgIpc) is 2.77. The van der Waals surface area contributed by atoms with Crippen molar-refractivity contribution in [3.05, 3.63) is 93.2 Å². The van der Waals surface area contributed by atoms with Crippen LogP contribution < -0.4 is 10.0 Å². The highest BCUT2D eigenvalue weighted by molar-refractivity contribution is 7.93. The first kappa shape index (κ1) is 23.3. The molecule has 0 spiro atoms. The highest BCUT2D eigenvalue weighted by Gasteiger charge is 2.22. The first-order valence-corrected chi connectivity index (χ1v) is 12.1. The molecule has 33 heavy (non-hydrogen) atoms. The lowest BCUT2D eigenvalue weighted by Crippen LogP contribution is -2.25. The Labute approximate surface area is 204 Å². The normalized spacial score (nSPS) is 11.4. The third kappa shape index (κ3) is 5.20. The summed E-state index contributed by atoms with van der Waals surface area (Å²) >= 11 is 18.1. The minimum atomic E-state index is -4.12. The summed E-state index contributed by atoms with van der Waals surface area (Å²) in [6.07, 6.45) is 2.88. The van der Waals surface area contributed by atoms with Crippen LogP contribution in [0.5, 0.6) is 0 Å². The molecule has 0 unspecified atom stereocenters. The van der Waals surface area contributed by atoms with Crippen LogP contribution in [0.3, 0.4) is 0 Å². The molecule has 0 aliphatic heterocycles. The van der Waals surface area contributed by atoms with Crippen LogP contribution in [0.25, 0.3) is 11.0 Å². The molecule has 168 valence electrons. The maximum absolute atomic E-state index is 13.2. The van der Waals surface area contributed by atoms with Gasteiger partial charge < -0.3 is 5.32 Å². The predicted octanol–water partition coefficient (Wildman–Crippen LogP) is 5.32. The maximum atomic E-state index is 13.2. The highest BCUT2D eigenvalue weighted by atomic mass is 35.5. The Balaban J connectivity index is 1.63. The van der Waals surface area contributed by atoms with Gasteiger partial charge in [0.25, 0.3) is 15.9 Å². The van der Waals surface area contributed by atoms with E-state index in [2.05, 4.69) is 20.0 Å². The van der Waals surface area contributed by atoms with Crippen molar-refractivity contribution in [3.8, 4) is 0 Å². The first-order valence-electron chi connectivity index (χ1n) is 9.49. The molecule has 4 rings (SSSR count). The number of aromatic nitrogens is 2. The Morgan fingerprint density at radius 3 is 2.42 bits per heavy atom. The van der Waals surface area contributed by atoms with Gasteiger partial charge in [-0.2, -0.15) is 0 Å². The number of hydrogen-bond acceptors (Lipinski definition) is 5. The van der Waals surface area contributed by atoms with Crippen LogP contribution in [0.4, 0.5) is 5.69 Å². The van der Waals surface area contributed by atoms with Gasteiger partial charge in [-0.05, 0) is 48.0 Å². The molecule has 7 nitrogen and oxygen atoms in total. The quantitative estimate of drug-likeness (QED) is 0.358. The number of nitrogens with zero attached hydrogens (tertiary/aromatic N) is 2. The van der Waals surface area contributed by atoms with Gasteiger partial charge in [0, 0.05) is 34.0 Å². The summed E-state index contributed by atoms with van der Waals surface area (Å²) in [6.45, 7) is 0.114. The third-order valence-corrected chi connectivity index (χ3v) is 6.90. The van der Waals surface area contributed by atoms with E-state index in [0.717, 1.165) is 0 Å². The van der Waals surface area contributed by atoms with Crippen LogP contribution in [0, 0.1) is 0 Å². The number of halogens is 3. The molecule has 3 aromatic carbocycles. The van der Waals surface area contributed by atoms with Crippen LogP contribution in [0.2, 0.25) is 15.1 Å². The molecule has 0 fully saturated rings. The zero-order valence-corrected chi connectivity index (χ0v) is 19.8. The van der Waals surface area contributed by atoms with E-state index in [4.69, 9.17) is 34.8 Å². The SMILES string of the molecule is O=C(NCc1ccc(Cl)cc1Cl)c1ccc(Cl)cc1NS(=O)(=O)c1cccc2nccnc12. The summed E-state index contributed by atoms with van der Waals surface area (Å²) in [7, 11) is -4.12. The van der Waals surface area contributed by atoms with Gasteiger partial charge in [0.15, 0.2) is 0 Å². The lowest BCUT2D eigenvalue weighted by atomic mass is 10.1. The van der Waals surface area contributed by atoms with Crippen molar-refractivity contribution < 1.29 is 13.2 Å². The standard InChI is InChI=1S/C22H15Cl3N4O3S/c23-14-5-4-13(17(25)10-14)12-28-22(30)16-7-6-15(24)11-19(16)29-33(31,32)20-3-1-2-18-21(20)27-9-8-26-18/h1-11,29H,12H2,(H,28,30). The molecule has 0 aliphatic carbocycles. The lowest BCUT2D eigenvalue weighted by molar-refractivity contribution is 0.0952.